The first-order valence-corrected chi connectivity index (χ1v) is 22.0. The molecule has 0 saturated heterocycles. The van der Waals surface area contributed by atoms with Gasteiger partial charge in [0.05, 0.1) is 11.1 Å². The Labute approximate surface area is 351 Å². The lowest BCUT2D eigenvalue weighted by atomic mass is 9.43. The highest BCUT2D eigenvalue weighted by molar-refractivity contribution is 6.13. The van der Waals surface area contributed by atoms with Crippen LogP contribution in [0.15, 0.2) is 192 Å². The monoisotopic (exact) mass is 771 g/mol. The predicted octanol–water partition coefficient (Wildman–Crippen LogP) is 15.8. The van der Waals surface area contributed by atoms with Gasteiger partial charge in [0, 0.05) is 22.2 Å². The highest BCUT2D eigenvalue weighted by Gasteiger charge is 2.61. The van der Waals surface area contributed by atoms with Crippen molar-refractivity contribution in [3.05, 3.63) is 199 Å². The summed E-state index contributed by atoms with van der Waals surface area (Å²) in [4.78, 5) is 2.42. The zero-order chi connectivity index (χ0) is 39.4. The van der Waals surface area contributed by atoms with Crippen molar-refractivity contribution in [3.8, 4) is 44.5 Å². The van der Waals surface area contributed by atoms with Crippen molar-refractivity contribution in [1.82, 2.24) is 0 Å². The topological polar surface area (TPSA) is 16.4 Å². The molecule has 2 nitrogen and oxygen atoms in total. The van der Waals surface area contributed by atoms with Gasteiger partial charge in [0.15, 0.2) is 0 Å². The highest BCUT2D eigenvalue weighted by Crippen LogP contribution is 2.70. The molecular formula is C58H45NO. The molecule has 1 spiro atoms. The van der Waals surface area contributed by atoms with Gasteiger partial charge in [-0.3, -0.25) is 0 Å². The summed E-state index contributed by atoms with van der Waals surface area (Å²) < 4.78 is 6.45. The van der Waals surface area contributed by atoms with Crippen LogP contribution in [0.3, 0.4) is 0 Å². The van der Waals surface area contributed by atoms with E-state index in [4.69, 9.17) is 4.42 Å². The molecule has 0 radical (unpaired) electrons. The summed E-state index contributed by atoms with van der Waals surface area (Å²) in [6.45, 7) is 0. The third kappa shape index (κ3) is 5.00. The first-order valence-electron chi connectivity index (χ1n) is 22.0. The van der Waals surface area contributed by atoms with Gasteiger partial charge in [0.25, 0.3) is 0 Å². The minimum atomic E-state index is 0.0887. The molecule has 5 aliphatic carbocycles. The number of para-hydroxylation sites is 1. The number of rotatable bonds is 6. The molecule has 288 valence electrons. The Morgan fingerprint density at radius 1 is 0.417 bits per heavy atom. The van der Waals surface area contributed by atoms with Crippen molar-refractivity contribution in [2.24, 2.45) is 23.7 Å². The largest absolute Gasteiger partial charge is 0.456 e. The van der Waals surface area contributed by atoms with Gasteiger partial charge in [0.1, 0.15) is 11.2 Å². The molecule has 4 fully saturated rings. The first kappa shape index (κ1) is 34.2. The molecule has 4 saturated carbocycles. The van der Waals surface area contributed by atoms with E-state index in [1.54, 1.807) is 11.1 Å². The van der Waals surface area contributed by atoms with Crippen LogP contribution < -0.4 is 4.90 Å². The van der Waals surface area contributed by atoms with Gasteiger partial charge >= 0.3 is 0 Å². The molecule has 0 atom stereocenters. The molecule has 1 heterocycles. The first-order chi connectivity index (χ1) is 29.7. The van der Waals surface area contributed by atoms with Gasteiger partial charge in [-0.2, -0.15) is 0 Å². The number of furan rings is 1. The van der Waals surface area contributed by atoms with Crippen LogP contribution >= 0.6 is 0 Å². The Bertz CT molecular complexity index is 3070. The van der Waals surface area contributed by atoms with Gasteiger partial charge < -0.3 is 9.32 Å². The van der Waals surface area contributed by atoms with Crippen LogP contribution in [0.2, 0.25) is 0 Å². The van der Waals surface area contributed by atoms with E-state index in [2.05, 4.69) is 193 Å². The summed E-state index contributed by atoms with van der Waals surface area (Å²) >= 11 is 0. The van der Waals surface area contributed by atoms with E-state index in [1.165, 1.54) is 76.6 Å². The second kappa shape index (κ2) is 13.2. The van der Waals surface area contributed by atoms with Gasteiger partial charge in [0.2, 0.25) is 0 Å². The molecule has 1 aromatic heterocycles. The van der Waals surface area contributed by atoms with E-state index in [0.29, 0.717) is 11.8 Å². The third-order valence-corrected chi connectivity index (χ3v) is 15.0. The third-order valence-electron chi connectivity index (χ3n) is 15.0. The van der Waals surface area contributed by atoms with Crippen molar-refractivity contribution in [3.63, 3.8) is 0 Å². The maximum absolute atomic E-state index is 6.45. The van der Waals surface area contributed by atoms with Crippen LogP contribution in [0, 0.1) is 23.7 Å². The summed E-state index contributed by atoms with van der Waals surface area (Å²) in [6.07, 6.45) is 6.96. The molecule has 2 heteroatoms. The van der Waals surface area contributed by atoms with Crippen molar-refractivity contribution in [2.45, 2.75) is 37.5 Å². The molecule has 4 bridgehead atoms. The Hall–Kier alpha value is -6.64. The minimum absolute atomic E-state index is 0.0887. The lowest BCUT2D eigenvalue weighted by Crippen LogP contribution is -2.55. The molecule has 0 unspecified atom stereocenters. The van der Waals surface area contributed by atoms with Crippen molar-refractivity contribution in [1.29, 1.82) is 0 Å². The standard InChI is InChI=1S/C58H45NO/c1-3-12-39(13-4-1)42-16-9-17-47(35-42)59(53-21-11-23-55-57(53)50-18-7-8-22-54(50)60-55)46-27-24-41(25-28-46)48-19-10-20-51-56(48)49-29-26-43(40-14-5-2-6-15-40)36-52(49)58(51)44-31-37-30-38(33-44)34-45(58)32-37/h1-29,35-38,44-45H,30-34H2. The van der Waals surface area contributed by atoms with E-state index < -0.39 is 0 Å². The normalized spacial score (nSPS) is 22.1. The summed E-state index contributed by atoms with van der Waals surface area (Å²) in [5, 5.41) is 2.24. The number of hydrogen-bond donors (Lipinski definition) is 0. The summed E-state index contributed by atoms with van der Waals surface area (Å²) in [7, 11) is 0. The Morgan fingerprint density at radius 2 is 1.03 bits per heavy atom. The molecule has 60 heavy (non-hydrogen) atoms. The smallest absolute Gasteiger partial charge is 0.137 e. The molecule has 0 amide bonds. The van der Waals surface area contributed by atoms with Crippen LogP contribution in [0.1, 0.15) is 43.2 Å². The Morgan fingerprint density at radius 3 is 1.78 bits per heavy atom. The molecule has 8 aromatic carbocycles. The summed E-state index contributed by atoms with van der Waals surface area (Å²) in [5.41, 5.74) is 19.0. The number of anilines is 3. The fraction of sp³-hybridized carbons (Fsp3) is 0.172. The maximum atomic E-state index is 6.45. The van der Waals surface area contributed by atoms with Crippen LogP contribution in [-0.2, 0) is 5.41 Å². The van der Waals surface area contributed by atoms with Gasteiger partial charge in [-0.15, -0.1) is 0 Å². The maximum Gasteiger partial charge on any atom is 0.137 e. The second-order valence-electron chi connectivity index (χ2n) is 18.1. The summed E-state index contributed by atoms with van der Waals surface area (Å²) in [5.74, 6) is 3.22. The van der Waals surface area contributed by atoms with Gasteiger partial charge in [-0.25, -0.2) is 0 Å². The quantitative estimate of drug-likeness (QED) is 0.167. The van der Waals surface area contributed by atoms with E-state index in [9.17, 15) is 0 Å². The number of fused-ring (bicyclic) bond motifs is 6. The second-order valence-corrected chi connectivity index (χ2v) is 18.1. The Balaban J connectivity index is 0.977. The number of benzene rings is 8. The van der Waals surface area contributed by atoms with Gasteiger partial charge in [-0.05, 0) is 160 Å². The Kier molecular flexibility index (Phi) is 7.52. The van der Waals surface area contributed by atoms with E-state index in [0.717, 1.165) is 50.8 Å². The van der Waals surface area contributed by atoms with Crippen LogP contribution in [0.5, 0.6) is 0 Å². The number of nitrogens with zero attached hydrogens (tertiary/aromatic N) is 1. The van der Waals surface area contributed by atoms with E-state index >= 15 is 0 Å². The van der Waals surface area contributed by atoms with E-state index in [1.807, 2.05) is 0 Å². The molecule has 0 N–H and O–H groups in total. The highest BCUT2D eigenvalue weighted by atomic mass is 16.3. The van der Waals surface area contributed by atoms with E-state index in [-0.39, 0.29) is 5.41 Å². The minimum Gasteiger partial charge on any atom is -0.456 e. The van der Waals surface area contributed by atoms with Crippen LogP contribution in [0.4, 0.5) is 17.1 Å². The van der Waals surface area contributed by atoms with Crippen molar-refractivity contribution >= 4 is 39.0 Å². The zero-order valence-electron chi connectivity index (χ0n) is 33.6. The lowest BCUT2D eigenvalue weighted by molar-refractivity contribution is -0.0399. The predicted molar refractivity (Wildman–Crippen MR) is 248 cm³/mol. The molecule has 5 aliphatic rings. The average molecular weight is 772 g/mol. The lowest BCUT2D eigenvalue weighted by Gasteiger charge is -2.61. The summed E-state index contributed by atoms with van der Waals surface area (Å²) in [6, 6.07) is 69.7. The fourth-order valence-electron chi connectivity index (χ4n) is 12.9. The fourth-order valence-corrected chi connectivity index (χ4v) is 12.9. The average Bonchev–Trinajstić information content (AvgIpc) is 3.83. The SMILES string of the molecule is c1ccc(-c2cccc(N(c3ccc(-c4cccc5c4-c4ccc(-c6ccccc6)cc4C54C5CC6CC(C5)CC4C6)cc3)c3cccc4oc5ccccc5c34)c2)cc1. The van der Waals surface area contributed by atoms with Crippen LogP contribution in [-0.4, -0.2) is 0 Å². The number of hydrogen-bond acceptors (Lipinski definition) is 2. The molecular weight excluding hydrogens is 727 g/mol. The molecule has 0 aliphatic heterocycles. The zero-order valence-corrected chi connectivity index (χ0v) is 33.6. The van der Waals surface area contributed by atoms with Gasteiger partial charge in [-0.1, -0.05) is 140 Å². The van der Waals surface area contributed by atoms with Crippen LogP contribution in [0.25, 0.3) is 66.4 Å². The molecule has 14 rings (SSSR count). The van der Waals surface area contributed by atoms with Crippen molar-refractivity contribution in [2.75, 3.05) is 4.90 Å². The van der Waals surface area contributed by atoms with Crippen molar-refractivity contribution < 1.29 is 4.42 Å². The molecule has 9 aromatic rings.